The SMILES string of the molecule is C[C@@H](O)[C@H]1C(=O)N2C(C(=O)O)=C(S[C@H]3C[C@@H](C(=O)N(C)C)N(C(=O)CCc4ccc(O)c(O)c4)C3)[C@H](C)[C@H]12. The van der Waals surface area contributed by atoms with E-state index in [2.05, 4.69) is 0 Å². The second kappa shape index (κ2) is 10.5. The maximum Gasteiger partial charge on any atom is 0.353 e. The number of carboxylic acids is 1. The molecule has 3 amide bonds. The number of fused-ring (bicyclic) bond motifs is 1. The minimum absolute atomic E-state index is 0.0817. The number of aliphatic hydroxyl groups excluding tert-OH is 1. The normalized spacial score (nSPS) is 27.3. The Morgan fingerprint density at radius 3 is 2.45 bits per heavy atom. The molecule has 2 fully saturated rings. The highest BCUT2D eigenvalue weighted by molar-refractivity contribution is 8.03. The quantitative estimate of drug-likeness (QED) is 0.275. The smallest absolute Gasteiger partial charge is 0.353 e. The van der Waals surface area contributed by atoms with Gasteiger partial charge in [0.15, 0.2) is 11.5 Å². The van der Waals surface area contributed by atoms with Crippen LogP contribution in [0.4, 0.5) is 0 Å². The van der Waals surface area contributed by atoms with Crippen molar-refractivity contribution in [2.75, 3.05) is 20.6 Å². The van der Waals surface area contributed by atoms with E-state index in [9.17, 15) is 39.6 Å². The van der Waals surface area contributed by atoms with Crippen molar-refractivity contribution in [3.8, 4) is 11.5 Å². The molecular weight excluding hydrogens is 514 g/mol. The number of carbonyl (C=O) groups excluding carboxylic acids is 3. The number of β-lactam (4-membered cyclic amide) rings is 1. The number of aliphatic hydroxyl groups is 1. The van der Waals surface area contributed by atoms with Gasteiger partial charge in [0, 0.05) is 43.1 Å². The number of aromatic hydroxyl groups is 2. The van der Waals surface area contributed by atoms with Crippen molar-refractivity contribution in [1.29, 1.82) is 0 Å². The third-order valence-corrected chi connectivity index (χ3v) is 9.07. The van der Waals surface area contributed by atoms with E-state index >= 15 is 0 Å². The Hall–Kier alpha value is -3.25. The first-order valence-corrected chi connectivity index (χ1v) is 13.4. The predicted octanol–water partition coefficient (Wildman–Crippen LogP) is 0.975. The van der Waals surface area contributed by atoms with Gasteiger partial charge >= 0.3 is 5.97 Å². The maximum absolute atomic E-state index is 13.2. The maximum atomic E-state index is 13.2. The second-order valence-corrected chi connectivity index (χ2v) is 11.7. The molecule has 0 unspecified atom stereocenters. The van der Waals surface area contributed by atoms with Gasteiger partial charge in [-0.3, -0.25) is 14.4 Å². The van der Waals surface area contributed by atoms with Gasteiger partial charge in [-0.25, -0.2) is 4.79 Å². The number of thioether (sulfide) groups is 1. The zero-order valence-corrected chi connectivity index (χ0v) is 22.5. The number of hydrogen-bond acceptors (Lipinski definition) is 8. The highest BCUT2D eigenvalue weighted by Crippen LogP contribution is 2.52. The summed E-state index contributed by atoms with van der Waals surface area (Å²) in [5.41, 5.74) is 0.578. The summed E-state index contributed by atoms with van der Waals surface area (Å²) in [4.78, 5) is 55.8. The summed E-state index contributed by atoms with van der Waals surface area (Å²) >= 11 is 1.29. The molecule has 206 valence electrons. The van der Waals surface area contributed by atoms with Gasteiger partial charge in [0.25, 0.3) is 0 Å². The number of carbonyl (C=O) groups is 4. The summed E-state index contributed by atoms with van der Waals surface area (Å²) in [6.45, 7) is 3.59. The van der Waals surface area contributed by atoms with Crippen molar-refractivity contribution in [3.05, 3.63) is 34.4 Å². The van der Waals surface area contributed by atoms with Gasteiger partial charge in [-0.1, -0.05) is 13.0 Å². The molecule has 3 heterocycles. The number of phenolic OH excluding ortho intramolecular Hbond substituents is 2. The van der Waals surface area contributed by atoms with Crippen LogP contribution in [0, 0.1) is 11.8 Å². The van der Waals surface area contributed by atoms with E-state index in [1.165, 1.54) is 45.5 Å². The molecule has 3 aliphatic heterocycles. The molecule has 0 aromatic heterocycles. The minimum atomic E-state index is -1.22. The van der Waals surface area contributed by atoms with E-state index in [1.807, 2.05) is 6.92 Å². The first kappa shape index (κ1) is 27.8. The Bertz CT molecular complexity index is 1200. The van der Waals surface area contributed by atoms with Crippen LogP contribution in [0.5, 0.6) is 11.5 Å². The number of phenols is 2. The highest BCUT2D eigenvalue weighted by Gasteiger charge is 2.60. The van der Waals surface area contributed by atoms with Crippen molar-refractivity contribution in [1.82, 2.24) is 14.7 Å². The van der Waals surface area contributed by atoms with Gasteiger partial charge in [0.05, 0.1) is 18.1 Å². The molecule has 0 radical (unpaired) electrons. The van der Waals surface area contributed by atoms with Crippen LogP contribution < -0.4 is 0 Å². The van der Waals surface area contributed by atoms with Gasteiger partial charge in [-0.2, -0.15) is 0 Å². The Morgan fingerprint density at radius 2 is 1.87 bits per heavy atom. The highest BCUT2D eigenvalue weighted by atomic mass is 32.2. The van der Waals surface area contributed by atoms with Crippen molar-refractivity contribution < 1.29 is 39.6 Å². The number of rotatable bonds is 8. The molecule has 1 aromatic carbocycles. The summed E-state index contributed by atoms with van der Waals surface area (Å²) in [5, 5.41) is 39.0. The molecule has 0 bridgehead atoms. The largest absolute Gasteiger partial charge is 0.504 e. The van der Waals surface area contributed by atoms with Crippen LogP contribution in [0.3, 0.4) is 0 Å². The third kappa shape index (κ3) is 4.82. The predicted molar refractivity (Wildman–Crippen MR) is 138 cm³/mol. The number of benzene rings is 1. The molecule has 1 aromatic rings. The molecule has 38 heavy (non-hydrogen) atoms. The fraction of sp³-hybridized carbons (Fsp3) is 0.538. The molecule has 0 saturated carbocycles. The number of aryl methyl sites for hydroxylation is 1. The average molecular weight is 548 g/mol. The van der Waals surface area contributed by atoms with E-state index in [-0.39, 0.29) is 53.1 Å². The Morgan fingerprint density at radius 1 is 1.18 bits per heavy atom. The summed E-state index contributed by atoms with van der Waals surface area (Å²) < 4.78 is 0. The Labute approximate surface area is 224 Å². The van der Waals surface area contributed by atoms with Crippen LogP contribution in [0.15, 0.2) is 28.8 Å². The number of carboxylic acid groups (broad SMARTS) is 1. The van der Waals surface area contributed by atoms with Gasteiger partial charge in [-0.15, -0.1) is 11.8 Å². The minimum Gasteiger partial charge on any atom is -0.504 e. The van der Waals surface area contributed by atoms with E-state index in [0.29, 0.717) is 23.3 Å². The van der Waals surface area contributed by atoms with Gasteiger partial charge in [0.1, 0.15) is 11.7 Å². The van der Waals surface area contributed by atoms with E-state index in [0.717, 1.165) is 0 Å². The topological polar surface area (TPSA) is 159 Å². The summed E-state index contributed by atoms with van der Waals surface area (Å²) in [6.07, 6.45) is -0.190. The fourth-order valence-corrected chi connectivity index (χ4v) is 7.19. The van der Waals surface area contributed by atoms with Crippen molar-refractivity contribution in [2.45, 2.75) is 56.5 Å². The van der Waals surface area contributed by atoms with Crippen molar-refractivity contribution in [3.63, 3.8) is 0 Å². The fourth-order valence-electron chi connectivity index (χ4n) is 5.67. The molecule has 11 nitrogen and oxygen atoms in total. The van der Waals surface area contributed by atoms with Crippen molar-refractivity contribution >= 4 is 35.5 Å². The number of likely N-dealkylation sites (N-methyl/N-ethyl adjacent to an activating group) is 1. The van der Waals surface area contributed by atoms with Crippen LogP contribution in [0.2, 0.25) is 0 Å². The number of hydrogen-bond donors (Lipinski definition) is 4. The van der Waals surface area contributed by atoms with Gasteiger partial charge in [-0.05, 0) is 37.5 Å². The lowest BCUT2D eigenvalue weighted by atomic mass is 9.79. The molecule has 0 spiro atoms. The molecule has 3 aliphatic rings. The van der Waals surface area contributed by atoms with E-state index in [4.69, 9.17) is 0 Å². The number of amides is 3. The first-order chi connectivity index (χ1) is 17.8. The average Bonchev–Trinajstić information content (AvgIpc) is 3.36. The van der Waals surface area contributed by atoms with Crippen LogP contribution in [-0.2, 0) is 25.6 Å². The standard InChI is InChI=1S/C26H33N3O8S/c1-12-21-20(13(2)30)25(35)29(21)22(26(36)37)23(12)38-15-10-16(24(34)27(3)4)28(11-15)19(33)8-6-14-5-7-17(31)18(32)9-14/h5,7,9,12-13,15-16,20-21,30-32H,6,8,10-11H2,1-4H3,(H,36,37)/t12-,13-,15+,16+,20-,21-/m1/s1. The van der Waals surface area contributed by atoms with Crippen LogP contribution >= 0.6 is 11.8 Å². The summed E-state index contributed by atoms with van der Waals surface area (Å²) in [7, 11) is 3.23. The zero-order valence-electron chi connectivity index (χ0n) is 21.7. The second-order valence-electron chi connectivity index (χ2n) is 10.4. The van der Waals surface area contributed by atoms with Crippen LogP contribution in [0.25, 0.3) is 0 Å². The molecule has 12 heteroatoms. The molecule has 2 saturated heterocycles. The number of aliphatic carboxylic acids is 1. The molecule has 0 aliphatic carbocycles. The third-order valence-electron chi connectivity index (χ3n) is 7.58. The summed E-state index contributed by atoms with van der Waals surface area (Å²) in [5.74, 6) is -3.61. The molecule has 6 atom stereocenters. The Kier molecular flexibility index (Phi) is 7.67. The number of likely N-dealkylation sites (tertiary alicyclic amines) is 1. The van der Waals surface area contributed by atoms with E-state index < -0.39 is 36.0 Å². The Balaban J connectivity index is 1.52. The van der Waals surface area contributed by atoms with Crippen LogP contribution in [0.1, 0.15) is 32.3 Å². The monoisotopic (exact) mass is 547 g/mol. The zero-order chi connectivity index (χ0) is 28.0. The molecule has 4 N–H and O–H groups in total. The van der Waals surface area contributed by atoms with Gasteiger partial charge < -0.3 is 35.1 Å². The molecule has 4 rings (SSSR count). The lowest BCUT2D eigenvalue weighted by Gasteiger charge is -2.46. The number of nitrogens with zero attached hydrogens (tertiary/aromatic N) is 3. The first-order valence-electron chi connectivity index (χ1n) is 12.5. The summed E-state index contributed by atoms with van der Waals surface area (Å²) in [6, 6.07) is 3.21. The van der Waals surface area contributed by atoms with E-state index in [1.54, 1.807) is 20.2 Å². The van der Waals surface area contributed by atoms with Crippen LogP contribution in [-0.4, -0.2) is 103 Å². The lowest BCUT2D eigenvalue weighted by molar-refractivity contribution is -0.163. The van der Waals surface area contributed by atoms with Crippen molar-refractivity contribution in [2.24, 2.45) is 11.8 Å². The van der Waals surface area contributed by atoms with Gasteiger partial charge in [0.2, 0.25) is 17.7 Å². The lowest BCUT2D eigenvalue weighted by Crippen LogP contribution is -2.63. The molecular formula is C26H33N3O8S.